The number of thioether (sulfide) groups is 1. The minimum atomic E-state index is -0.160. The van der Waals surface area contributed by atoms with Gasteiger partial charge in [0.1, 0.15) is 0 Å². The second kappa shape index (κ2) is 11.6. The van der Waals surface area contributed by atoms with E-state index in [1.165, 1.54) is 11.8 Å². The molecule has 0 saturated carbocycles. The van der Waals surface area contributed by atoms with E-state index in [1.807, 2.05) is 59.2 Å². The van der Waals surface area contributed by atoms with Crippen molar-refractivity contribution in [3.8, 4) is 5.69 Å². The van der Waals surface area contributed by atoms with Gasteiger partial charge < -0.3 is 10.6 Å². The lowest BCUT2D eigenvalue weighted by Gasteiger charge is -2.12. The van der Waals surface area contributed by atoms with E-state index in [0.717, 1.165) is 17.2 Å². The molecule has 2 N–H and O–H groups in total. The molecule has 0 fully saturated rings. The van der Waals surface area contributed by atoms with Crippen LogP contribution in [-0.4, -0.2) is 26.4 Å². The van der Waals surface area contributed by atoms with E-state index in [9.17, 15) is 4.79 Å². The molecule has 6 nitrogen and oxygen atoms in total. The fourth-order valence-corrected chi connectivity index (χ4v) is 4.51. The molecule has 0 atom stereocenters. The van der Waals surface area contributed by atoms with Crippen LogP contribution in [0.15, 0.2) is 78.0 Å². The Morgan fingerprint density at radius 1 is 0.912 bits per heavy atom. The van der Waals surface area contributed by atoms with E-state index in [2.05, 4.69) is 20.8 Å². The number of carbonyl (C=O) groups excluding carboxylic acids is 1. The van der Waals surface area contributed by atoms with Crippen molar-refractivity contribution < 1.29 is 4.79 Å². The molecule has 3 aromatic carbocycles. The molecular weight excluding hydrogens is 513 g/mol. The summed E-state index contributed by atoms with van der Waals surface area (Å²) in [4.78, 5) is 12.4. The monoisotopic (exact) mass is 531 g/mol. The van der Waals surface area contributed by atoms with Gasteiger partial charge in [-0.2, -0.15) is 0 Å². The Bertz CT molecular complexity index is 1270. The van der Waals surface area contributed by atoms with Gasteiger partial charge in [0.2, 0.25) is 5.91 Å². The predicted molar refractivity (Wildman–Crippen MR) is 141 cm³/mol. The molecule has 4 rings (SSSR count). The van der Waals surface area contributed by atoms with Crippen LogP contribution in [0.25, 0.3) is 5.69 Å². The largest absolute Gasteiger partial charge is 0.378 e. The summed E-state index contributed by atoms with van der Waals surface area (Å²) in [5.74, 6) is 1.10. The van der Waals surface area contributed by atoms with E-state index in [1.54, 1.807) is 18.2 Å². The fourth-order valence-electron chi connectivity index (χ4n) is 3.13. The number of benzene rings is 3. The van der Waals surface area contributed by atoms with Gasteiger partial charge in [0.25, 0.3) is 0 Å². The van der Waals surface area contributed by atoms with Gasteiger partial charge in [-0.15, -0.1) is 10.2 Å². The third-order valence-electron chi connectivity index (χ3n) is 4.77. The Kier molecular flexibility index (Phi) is 8.34. The lowest BCUT2D eigenvalue weighted by molar-refractivity contribution is -0.115. The summed E-state index contributed by atoms with van der Waals surface area (Å²) in [5.41, 5.74) is 2.36. The van der Waals surface area contributed by atoms with Gasteiger partial charge in [-0.3, -0.25) is 9.36 Å². The lowest BCUT2D eigenvalue weighted by Crippen LogP contribution is -2.13. The highest BCUT2D eigenvalue weighted by atomic mass is 35.5. The number of nitrogens with one attached hydrogen (secondary N) is 2. The molecule has 4 aromatic rings. The second-order valence-corrected chi connectivity index (χ2v) is 9.54. The van der Waals surface area contributed by atoms with Crippen LogP contribution in [0.3, 0.4) is 0 Å². The van der Waals surface area contributed by atoms with E-state index < -0.39 is 0 Å². The lowest BCUT2D eigenvalue weighted by atomic mass is 10.3. The first-order chi connectivity index (χ1) is 16.5. The van der Waals surface area contributed by atoms with E-state index >= 15 is 0 Å². The number of anilines is 2. The first-order valence-electron chi connectivity index (χ1n) is 10.4. The zero-order valence-corrected chi connectivity index (χ0v) is 20.9. The van der Waals surface area contributed by atoms with E-state index in [0.29, 0.717) is 38.2 Å². The van der Waals surface area contributed by atoms with Crippen LogP contribution in [0.1, 0.15) is 12.2 Å². The van der Waals surface area contributed by atoms with E-state index in [4.69, 9.17) is 34.8 Å². The molecule has 1 aromatic heterocycles. The summed E-state index contributed by atoms with van der Waals surface area (Å²) < 4.78 is 1.99. The first-order valence-corrected chi connectivity index (χ1v) is 12.5. The molecule has 0 aliphatic heterocycles. The van der Waals surface area contributed by atoms with Gasteiger partial charge in [-0.25, -0.2) is 0 Å². The number of halogens is 3. The molecule has 0 unspecified atom stereocenters. The Morgan fingerprint density at radius 3 is 2.41 bits per heavy atom. The molecule has 0 radical (unpaired) electrons. The highest BCUT2D eigenvalue weighted by Crippen LogP contribution is 2.27. The average molecular weight is 533 g/mol. The highest BCUT2D eigenvalue weighted by Gasteiger charge is 2.15. The van der Waals surface area contributed by atoms with Crippen molar-refractivity contribution in [3.63, 3.8) is 0 Å². The normalized spacial score (nSPS) is 10.8. The molecular formula is C24H20Cl3N5OS. The molecule has 174 valence electrons. The predicted octanol–water partition coefficient (Wildman–Crippen LogP) is 6.96. The number of carbonyl (C=O) groups is 1. The van der Waals surface area contributed by atoms with Crippen molar-refractivity contribution in [1.82, 2.24) is 14.8 Å². The van der Waals surface area contributed by atoms with Crippen LogP contribution in [-0.2, 0) is 11.3 Å². The van der Waals surface area contributed by atoms with Crippen LogP contribution in [0.4, 0.5) is 11.4 Å². The zero-order chi connectivity index (χ0) is 23.9. The molecule has 0 aliphatic rings. The maximum Gasteiger partial charge on any atom is 0.225 e. The Balaban J connectivity index is 1.43. The minimum absolute atomic E-state index is 0.160. The first kappa shape index (κ1) is 24.4. The summed E-state index contributed by atoms with van der Waals surface area (Å²) in [7, 11) is 0. The quantitative estimate of drug-likeness (QED) is 0.228. The number of hydrogen-bond donors (Lipinski definition) is 2. The standard InChI is InChI=1S/C24H20Cl3N5OS/c25-16-6-9-18(10-7-16)28-15-22-30-31-24(32(22)19-4-2-1-3-5-19)34-13-12-23(33)29-21-14-17(26)8-11-20(21)27/h1-11,14,28H,12-13,15H2,(H,29,33). The third kappa shape index (κ3) is 6.45. The zero-order valence-electron chi connectivity index (χ0n) is 17.8. The van der Waals surface area contributed by atoms with Crippen molar-refractivity contribution in [1.29, 1.82) is 0 Å². The number of amides is 1. The Hall–Kier alpha value is -2.71. The molecule has 0 saturated heterocycles. The number of para-hydroxylation sites is 1. The fraction of sp³-hybridized carbons (Fsp3) is 0.125. The van der Waals surface area contributed by atoms with Crippen molar-refractivity contribution in [2.45, 2.75) is 18.1 Å². The van der Waals surface area contributed by atoms with Gasteiger partial charge in [-0.05, 0) is 54.6 Å². The maximum absolute atomic E-state index is 12.4. The number of hydrogen-bond acceptors (Lipinski definition) is 5. The Morgan fingerprint density at radius 2 is 1.65 bits per heavy atom. The smallest absolute Gasteiger partial charge is 0.225 e. The maximum atomic E-state index is 12.4. The summed E-state index contributed by atoms with van der Waals surface area (Å²) >= 11 is 19.5. The van der Waals surface area contributed by atoms with Crippen LogP contribution >= 0.6 is 46.6 Å². The van der Waals surface area contributed by atoms with E-state index in [-0.39, 0.29) is 12.3 Å². The number of aromatic nitrogens is 3. The molecule has 0 spiro atoms. The molecule has 34 heavy (non-hydrogen) atoms. The second-order valence-electron chi connectivity index (χ2n) is 7.20. The van der Waals surface area contributed by atoms with Gasteiger partial charge in [0.05, 0.1) is 17.3 Å². The van der Waals surface area contributed by atoms with Crippen molar-refractivity contribution >= 4 is 63.8 Å². The van der Waals surface area contributed by atoms with Crippen molar-refractivity contribution in [3.05, 3.63) is 93.7 Å². The minimum Gasteiger partial charge on any atom is -0.378 e. The van der Waals surface area contributed by atoms with Gasteiger partial charge in [0.15, 0.2) is 11.0 Å². The SMILES string of the molecule is O=C(CCSc1nnc(CNc2ccc(Cl)cc2)n1-c1ccccc1)Nc1cc(Cl)ccc1Cl. The van der Waals surface area contributed by atoms with Gasteiger partial charge in [0, 0.05) is 33.6 Å². The molecule has 10 heteroatoms. The summed E-state index contributed by atoms with van der Waals surface area (Å²) in [5, 5.41) is 17.2. The van der Waals surface area contributed by atoms with Gasteiger partial charge >= 0.3 is 0 Å². The van der Waals surface area contributed by atoms with Crippen LogP contribution in [0.5, 0.6) is 0 Å². The Labute approximate surface area is 216 Å². The van der Waals surface area contributed by atoms with Crippen molar-refractivity contribution in [2.75, 3.05) is 16.4 Å². The topological polar surface area (TPSA) is 71.8 Å². The number of rotatable bonds is 9. The molecule has 1 heterocycles. The van der Waals surface area contributed by atoms with Crippen LogP contribution in [0.2, 0.25) is 15.1 Å². The molecule has 0 bridgehead atoms. The van der Waals surface area contributed by atoms with Gasteiger partial charge in [-0.1, -0.05) is 64.8 Å². The van der Waals surface area contributed by atoms with Crippen LogP contribution < -0.4 is 10.6 Å². The third-order valence-corrected chi connectivity index (χ3v) is 6.52. The number of nitrogens with zero attached hydrogens (tertiary/aromatic N) is 3. The highest BCUT2D eigenvalue weighted by molar-refractivity contribution is 7.99. The molecule has 1 amide bonds. The van der Waals surface area contributed by atoms with Crippen LogP contribution in [0, 0.1) is 0 Å². The summed E-state index contributed by atoms with van der Waals surface area (Å²) in [6.45, 7) is 0.470. The summed E-state index contributed by atoms with van der Waals surface area (Å²) in [6, 6.07) is 22.3. The van der Waals surface area contributed by atoms with Crippen molar-refractivity contribution in [2.24, 2.45) is 0 Å². The average Bonchev–Trinajstić information content (AvgIpc) is 3.24. The molecule has 0 aliphatic carbocycles. The summed E-state index contributed by atoms with van der Waals surface area (Å²) in [6.07, 6.45) is 0.271.